The summed E-state index contributed by atoms with van der Waals surface area (Å²) in [6.07, 6.45) is 0.560. The van der Waals surface area contributed by atoms with Crippen LogP contribution in [0.1, 0.15) is 33.0 Å². The summed E-state index contributed by atoms with van der Waals surface area (Å²) in [5, 5.41) is 0. The Morgan fingerprint density at radius 3 is 2.41 bits per heavy atom. The molecule has 1 saturated heterocycles. The van der Waals surface area contributed by atoms with E-state index in [1.54, 1.807) is 43.5 Å². The highest BCUT2D eigenvalue weighted by atomic mass is 19.1. The van der Waals surface area contributed by atoms with Crippen LogP contribution in [0.5, 0.6) is 5.75 Å². The van der Waals surface area contributed by atoms with E-state index < -0.39 is 0 Å². The van der Waals surface area contributed by atoms with Gasteiger partial charge < -0.3 is 14.5 Å². The Bertz CT molecular complexity index is 1110. The van der Waals surface area contributed by atoms with Crippen molar-refractivity contribution in [3.8, 4) is 5.75 Å². The van der Waals surface area contributed by atoms with Gasteiger partial charge in [-0.1, -0.05) is 12.1 Å². The zero-order valence-electron chi connectivity index (χ0n) is 18.6. The number of methoxy groups -OCH3 is 1. The second-order valence-corrected chi connectivity index (χ2v) is 7.97. The normalized spacial score (nSPS) is 13.9. The number of halogens is 1. The number of hydrogen-bond donors (Lipinski definition) is 0. The van der Waals surface area contributed by atoms with Crippen LogP contribution in [0.3, 0.4) is 0 Å². The summed E-state index contributed by atoms with van der Waals surface area (Å²) in [4.78, 5) is 26.2. The topological polar surface area (TPSA) is 58.6 Å². The van der Waals surface area contributed by atoms with E-state index >= 15 is 0 Å². The molecule has 0 aliphatic carbocycles. The maximum absolute atomic E-state index is 13.7. The molecule has 0 radical (unpaired) electrons. The molecule has 0 saturated carbocycles. The number of ether oxygens (including phenoxy) is 1. The molecule has 4 rings (SSSR count). The van der Waals surface area contributed by atoms with Gasteiger partial charge in [-0.3, -0.25) is 4.79 Å². The zero-order chi connectivity index (χ0) is 22.7. The Morgan fingerprint density at radius 2 is 1.75 bits per heavy atom. The van der Waals surface area contributed by atoms with Gasteiger partial charge in [0.1, 0.15) is 23.2 Å². The number of piperazine rings is 1. The van der Waals surface area contributed by atoms with Crippen molar-refractivity contribution in [2.45, 2.75) is 20.3 Å². The second-order valence-electron chi connectivity index (χ2n) is 7.97. The highest BCUT2D eigenvalue weighted by Gasteiger charge is 2.25. The first-order chi connectivity index (χ1) is 15.4. The second kappa shape index (κ2) is 9.34. The fraction of sp³-hybridized carbons (Fsp3) is 0.320. The number of carbonyl (C=O) groups is 1. The summed E-state index contributed by atoms with van der Waals surface area (Å²) in [5.74, 6) is 2.07. The Morgan fingerprint density at radius 1 is 1.03 bits per heavy atom. The lowest BCUT2D eigenvalue weighted by atomic mass is 10.0. The fourth-order valence-electron chi connectivity index (χ4n) is 4.07. The van der Waals surface area contributed by atoms with E-state index in [9.17, 15) is 9.18 Å². The van der Waals surface area contributed by atoms with Crippen LogP contribution in [-0.2, 0) is 6.42 Å². The Labute approximate surface area is 187 Å². The van der Waals surface area contributed by atoms with Gasteiger partial charge in [-0.05, 0) is 55.8 Å². The number of hydrogen-bond acceptors (Lipinski definition) is 5. The van der Waals surface area contributed by atoms with Crippen molar-refractivity contribution in [2.24, 2.45) is 0 Å². The Balaban J connectivity index is 1.50. The molecule has 166 valence electrons. The predicted octanol–water partition coefficient (Wildman–Crippen LogP) is 3.79. The molecule has 6 nitrogen and oxygen atoms in total. The number of rotatable bonds is 5. The summed E-state index contributed by atoms with van der Waals surface area (Å²) in [7, 11) is 1.61. The van der Waals surface area contributed by atoms with Crippen molar-refractivity contribution >= 4 is 11.7 Å². The van der Waals surface area contributed by atoms with E-state index in [0.29, 0.717) is 44.0 Å². The molecular formula is C25H27FN4O2. The van der Waals surface area contributed by atoms with Crippen LogP contribution in [0.25, 0.3) is 0 Å². The highest BCUT2D eigenvalue weighted by Crippen LogP contribution is 2.26. The molecule has 0 unspecified atom stereocenters. The van der Waals surface area contributed by atoms with Gasteiger partial charge in [0.15, 0.2) is 0 Å². The third-order valence-corrected chi connectivity index (χ3v) is 5.78. The van der Waals surface area contributed by atoms with Gasteiger partial charge >= 0.3 is 0 Å². The van der Waals surface area contributed by atoms with E-state index in [1.165, 1.54) is 6.07 Å². The zero-order valence-corrected chi connectivity index (χ0v) is 18.6. The number of anilines is 1. The molecule has 1 aliphatic rings. The van der Waals surface area contributed by atoms with Crippen LogP contribution < -0.4 is 9.64 Å². The molecule has 0 atom stereocenters. The molecule has 1 fully saturated rings. The molecule has 7 heteroatoms. The fourth-order valence-corrected chi connectivity index (χ4v) is 4.07. The molecule has 1 aliphatic heterocycles. The maximum atomic E-state index is 13.7. The SMILES string of the molecule is COc1ccc(C(=O)N2CCN(c3nc(C)nc(C)c3Cc3cccc(F)c3)CC2)cc1. The molecule has 1 aromatic heterocycles. The van der Waals surface area contributed by atoms with E-state index in [1.807, 2.05) is 24.8 Å². The largest absolute Gasteiger partial charge is 0.497 e. The lowest BCUT2D eigenvalue weighted by molar-refractivity contribution is 0.0746. The van der Waals surface area contributed by atoms with Gasteiger partial charge in [-0.2, -0.15) is 0 Å². The lowest BCUT2D eigenvalue weighted by Crippen LogP contribution is -2.49. The minimum atomic E-state index is -0.250. The average Bonchev–Trinajstić information content (AvgIpc) is 2.80. The van der Waals surface area contributed by atoms with E-state index in [2.05, 4.69) is 9.88 Å². The number of nitrogens with zero attached hydrogens (tertiary/aromatic N) is 4. The minimum absolute atomic E-state index is 0.0161. The van der Waals surface area contributed by atoms with Gasteiger partial charge in [-0.25, -0.2) is 14.4 Å². The predicted molar refractivity (Wildman–Crippen MR) is 122 cm³/mol. The first kappa shape index (κ1) is 21.7. The highest BCUT2D eigenvalue weighted by molar-refractivity contribution is 5.94. The number of aromatic nitrogens is 2. The molecule has 2 heterocycles. The van der Waals surface area contributed by atoms with Gasteiger partial charge in [0.2, 0.25) is 0 Å². The third-order valence-electron chi connectivity index (χ3n) is 5.78. The molecular weight excluding hydrogens is 407 g/mol. The molecule has 32 heavy (non-hydrogen) atoms. The van der Waals surface area contributed by atoms with Crippen LogP contribution in [0.2, 0.25) is 0 Å². The molecule has 0 spiro atoms. The van der Waals surface area contributed by atoms with Crippen molar-refractivity contribution < 1.29 is 13.9 Å². The van der Waals surface area contributed by atoms with Gasteiger partial charge in [-0.15, -0.1) is 0 Å². The van der Waals surface area contributed by atoms with Crippen molar-refractivity contribution in [1.82, 2.24) is 14.9 Å². The summed E-state index contributed by atoms with van der Waals surface area (Å²) in [6, 6.07) is 13.8. The van der Waals surface area contributed by atoms with Gasteiger partial charge in [0.05, 0.1) is 7.11 Å². The monoisotopic (exact) mass is 434 g/mol. The van der Waals surface area contributed by atoms with Crippen LogP contribution in [-0.4, -0.2) is 54.1 Å². The average molecular weight is 435 g/mol. The van der Waals surface area contributed by atoms with Crippen LogP contribution in [0.4, 0.5) is 10.2 Å². The summed E-state index contributed by atoms with van der Waals surface area (Å²) in [6.45, 7) is 6.41. The first-order valence-corrected chi connectivity index (χ1v) is 10.7. The van der Waals surface area contributed by atoms with Crippen molar-refractivity contribution in [1.29, 1.82) is 0 Å². The number of amides is 1. The van der Waals surface area contributed by atoms with Gasteiger partial charge in [0, 0.05) is 49.4 Å². The van der Waals surface area contributed by atoms with Crippen molar-refractivity contribution in [2.75, 3.05) is 38.2 Å². The summed E-state index contributed by atoms with van der Waals surface area (Å²) in [5.41, 5.74) is 3.43. The Hall–Kier alpha value is -3.48. The van der Waals surface area contributed by atoms with Gasteiger partial charge in [0.25, 0.3) is 5.91 Å². The molecule has 2 aromatic carbocycles. The summed E-state index contributed by atoms with van der Waals surface area (Å²) >= 11 is 0. The van der Waals surface area contributed by atoms with E-state index in [0.717, 1.165) is 28.4 Å². The van der Waals surface area contributed by atoms with Crippen LogP contribution in [0.15, 0.2) is 48.5 Å². The molecule has 0 bridgehead atoms. The maximum Gasteiger partial charge on any atom is 0.253 e. The number of aryl methyl sites for hydroxylation is 2. The summed E-state index contributed by atoms with van der Waals surface area (Å²) < 4.78 is 18.9. The van der Waals surface area contributed by atoms with E-state index in [4.69, 9.17) is 9.72 Å². The smallest absolute Gasteiger partial charge is 0.253 e. The van der Waals surface area contributed by atoms with E-state index in [-0.39, 0.29) is 11.7 Å². The van der Waals surface area contributed by atoms with Crippen molar-refractivity contribution in [3.63, 3.8) is 0 Å². The number of carbonyl (C=O) groups excluding carboxylic acids is 1. The lowest BCUT2D eigenvalue weighted by Gasteiger charge is -2.36. The van der Waals surface area contributed by atoms with Crippen molar-refractivity contribution in [3.05, 3.63) is 82.6 Å². The first-order valence-electron chi connectivity index (χ1n) is 10.7. The standard InChI is InChI=1S/C25H27FN4O2/c1-17-23(16-19-5-4-6-21(26)15-19)24(28-18(2)27-17)29-11-13-30(14-12-29)25(31)20-7-9-22(32-3)10-8-20/h4-10,15H,11-14,16H2,1-3H3. The van der Waals surface area contributed by atoms with Crippen LogP contribution >= 0.6 is 0 Å². The molecule has 0 N–H and O–H groups in total. The number of benzene rings is 2. The molecule has 1 amide bonds. The quantitative estimate of drug-likeness (QED) is 0.612. The minimum Gasteiger partial charge on any atom is -0.497 e. The third kappa shape index (κ3) is 4.72. The van der Waals surface area contributed by atoms with Crippen LogP contribution in [0, 0.1) is 19.7 Å². The Kier molecular flexibility index (Phi) is 6.35. The molecule has 3 aromatic rings.